The highest BCUT2D eigenvalue weighted by atomic mass is 79.9. The van der Waals surface area contributed by atoms with Gasteiger partial charge < -0.3 is 10.6 Å². The first-order valence-electron chi connectivity index (χ1n) is 7.34. The summed E-state index contributed by atoms with van der Waals surface area (Å²) in [6.07, 6.45) is 3.50. The Balaban J connectivity index is 0.00000220. The maximum absolute atomic E-state index is 12.4. The topological polar surface area (TPSA) is 46.3 Å². The van der Waals surface area contributed by atoms with Gasteiger partial charge in [0.1, 0.15) is 0 Å². The van der Waals surface area contributed by atoms with Crippen molar-refractivity contribution in [1.82, 2.24) is 4.90 Å². The normalized spacial score (nSPS) is 21.8. The van der Waals surface area contributed by atoms with Gasteiger partial charge in [-0.05, 0) is 42.9 Å². The molecule has 3 nitrogen and oxygen atoms in total. The number of hydrogen-bond donors (Lipinski definition) is 1. The van der Waals surface area contributed by atoms with E-state index in [1.165, 1.54) is 5.56 Å². The maximum Gasteiger partial charge on any atom is 0.223 e. The van der Waals surface area contributed by atoms with Crippen LogP contribution >= 0.6 is 28.3 Å². The van der Waals surface area contributed by atoms with E-state index in [1.807, 2.05) is 17.0 Å². The highest BCUT2D eigenvalue weighted by Crippen LogP contribution is 2.23. The summed E-state index contributed by atoms with van der Waals surface area (Å²) in [7, 11) is 0. The van der Waals surface area contributed by atoms with E-state index in [9.17, 15) is 4.79 Å². The van der Waals surface area contributed by atoms with Crippen molar-refractivity contribution >= 4 is 34.2 Å². The van der Waals surface area contributed by atoms with Gasteiger partial charge in [-0.1, -0.05) is 35.0 Å². The zero-order chi connectivity index (χ0) is 14.5. The van der Waals surface area contributed by atoms with Crippen molar-refractivity contribution in [2.45, 2.75) is 38.6 Å². The Morgan fingerprint density at radius 1 is 1.48 bits per heavy atom. The van der Waals surface area contributed by atoms with Crippen LogP contribution in [0.15, 0.2) is 28.7 Å². The number of aryl methyl sites for hydroxylation is 1. The minimum Gasteiger partial charge on any atom is -0.338 e. The molecule has 1 aromatic rings. The molecule has 2 unspecified atom stereocenters. The van der Waals surface area contributed by atoms with Crippen LogP contribution < -0.4 is 5.73 Å². The lowest BCUT2D eigenvalue weighted by Crippen LogP contribution is -2.49. The van der Waals surface area contributed by atoms with Gasteiger partial charge in [0.05, 0.1) is 0 Å². The summed E-state index contributed by atoms with van der Waals surface area (Å²) in [4.78, 5) is 14.4. The Hall–Kier alpha value is -0.580. The molecule has 0 spiro atoms. The van der Waals surface area contributed by atoms with E-state index < -0.39 is 0 Å². The first-order valence-corrected chi connectivity index (χ1v) is 8.13. The van der Waals surface area contributed by atoms with Crippen molar-refractivity contribution in [1.29, 1.82) is 0 Å². The first kappa shape index (κ1) is 18.5. The predicted octanol–water partition coefficient (Wildman–Crippen LogP) is 3.39. The van der Waals surface area contributed by atoms with Crippen LogP contribution in [0, 0.1) is 5.92 Å². The monoisotopic (exact) mass is 374 g/mol. The minimum atomic E-state index is 0. The molecule has 1 heterocycles. The number of amides is 1. The van der Waals surface area contributed by atoms with E-state index in [2.05, 4.69) is 35.0 Å². The highest BCUT2D eigenvalue weighted by Gasteiger charge is 2.28. The minimum absolute atomic E-state index is 0. The molecular weight excluding hydrogens is 352 g/mol. The van der Waals surface area contributed by atoms with Gasteiger partial charge in [-0.3, -0.25) is 4.79 Å². The Morgan fingerprint density at radius 2 is 2.24 bits per heavy atom. The largest absolute Gasteiger partial charge is 0.338 e. The number of nitrogens with zero attached hydrogens (tertiary/aromatic N) is 1. The summed E-state index contributed by atoms with van der Waals surface area (Å²) >= 11 is 3.46. The quantitative estimate of drug-likeness (QED) is 0.877. The fourth-order valence-electron chi connectivity index (χ4n) is 2.89. The van der Waals surface area contributed by atoms with Crippen molar-refractivity contribution in [3.63, 3.8) is 0 Å². The van der Waals surface area contributed by atoms with Gasteiger partial charge in [0, 0.05) is 30.0 Å². The molecule has 0 aliphatic carbocycles. The lowest BCUT2D eigenvalue weighted by atomic mass is 9.92. The number of rotatable bonds is 4. The van der Waals surface area contributed by atoms with Gasteiger partial charge in [-0.15, -0.1) is 12.4 Å². The maximum atomic E-state index is 12.4. The average Bonchev–Trinajstić information content (AvgIpc) is 2.44. The third-order valence-corrected chi connectivity index (χ3v) is 4.58. The van der Waals surface area contributed by atoms with E-state index in [4.69, 9.17) is 5.73 Å². The van der Waals surface area contributed by atoms with Crippen molar-refractivity contribution < 1.29 is 4.79 Å². The van der Waals surface area contributed by atoms with Gasteiger partial charge in [0.2, 0.25) is 5.91 Å². The van der Waals surface area contributed by atoms with Crippen LogP contribution in [-0.4, -0.2) is 29.9 Å². The number of halogens is 2. The second-order valence-electron chi connectivity index (χ2n) is 5.74. The van der Waals surface area contributed by atoms with Gasteiger partial charge in [0.15, 0.2) is 0 Å². The molecule has 1 saturated heterocycles. The Kier molecular flexibility index (Phi) is 7.71. The van der Waals surface area contributed by atoms with Crippen LogP contribution in [0.5, 0.6) is 0 Å². The molecule has 1 amide bonds. The first-order chi connectivity index (χ1) is 9.60. The summed E-state index contributed by atoms with van der Waals surface area (Å²) in [6.45, 7) is 3.68. The zero-order valence-corrected chi connectivity index (χ0v) is 14.8. The summed E-state index contributed by atoms with van der Waals surface area (Å²) < 4.78 is 1.06. The number of nitrogens with two attached hydrogens (primary N) is 1. The molecule has 2 N–H and O–H groups in total. The molecule has 21 heavy (non-hydrogen) atoms. The van der Waals surface area contributed by atoms with Crippen molar-refractivity contribution in [3.8, 4) is 0 Å². The molecule has 2 atom stereocenters. The zero-order valence-electron chi connectivity index (χ0n) is 12.4. The smallest absolute Gasteiger partial charge is 0.223 e. The average molecular weight is 376 g/mol. The van der Waals surface area contributed by atoms with E-state index in [0.29, 0.717) is 18.9 Å². The molecule has 0 aromatic heterocycles. The van der Waals surface area contributed by atoms with E-state index in [1.54, 1.807) is 0 Å². The molecule has 5 heteroatoms. The number of likely N-dealkylation sites (tertiary alicyclic amines) is 1. The lowest BCUT2D eigenvalue weighted by Gasteiger charge is -2.38. The second kappa shape index (κ2) is 8.76. The van der Waals surface area contributed by atoms with Gasteiger partial charge in [0.25, 0.3) is 0 Å². The van der Waals surface area contributed by atoms with Gasteiger partial charge >= 0.3 is 0 Å². The fraction of sp³-hybridized carbons (Fsp3) is 0.562. The lowest BCUT2D eigenvalue weighted by molar-refractivity contribution is -0.135. The van der Waals surface area contributed by atoms with Gasteiger partial charge in [-0.2, -0.15) is 0 Å². The molecule has 0 bridgehead atoms. The van der Waals surface area contributed by atoms with E-state index in [0.717, 1.165) is 30.3 Å². The van der Waals surface area contributed by atoms with Crippen molar-refractivity contribution in [2.24, 2.45) is 11.7 Å². The predicted molar refractivity (Wildman–Crippen MR) is 92.7 cm³/mol. The van der Waals surface area contributed by atoms with Crippen LogP contribution in [0.4, 0.5) is 0 Å². The number of carbonyl (C=O) groups excluding carboxylic acids is 1. The Morgan fingerprint density at radius 3 is 2.90 bits per heavy atom. The molecule has 1 fully saturated rings. The summed E-state index contributed by atoms with van der Waals surface area (Å²) in [6, 6.07) is 8.38. The molecule has 0 radical (unpaired) electrons. The molecule has 118 valence electrons. The van der Waals surface area contributed by atoms with E-state index in [-0.39, 0.29) is 24.4 Å². The molecular formula is C16H24BrClN2O. The molecule has 1 aliphatic heterocycles. The fourth-order valence-corrected chi connectivity index (χ4v) is 3.34. The molecule has 0 saturated carbocycles. The van der Waals surface area contributed by atoms with Crippen molar-refractivity contribution in [3.05, 3.63) is 34.3 Å². The Bertz CT molecular complexity index is 469. The molecule has 2 rings (SSSR count). The third-order valence-electron chi connectivity index (χ3n) is 4.09. The highest BCUT2D eigenvalue weighted by molar-refractivity contribution is 9.10. The second-order valence-corrected chi connectivity index (χ2v) is 6.65. The van der Waals surface area contributed by atoms with Gasteiger partial charge in [-0.25, -0.2) is 0 Å². The standard InChI is InChI=1S/C16H23BrN2O.ClH/c1-12-7-8-19(15(9-12)11-18)16(20)6-5-13-3-2-4-14(17)10-13;/h2-4,10,12,15H,5-9,11,18H2,1H3;1H. The summed E-state index contributed by atoms with van der Waals surface area (Å²) in [5, 5.41) is 0. The Labute approximate surface area is 141 Å². The van der Waals surface area contributed by atoms with Crippen LogP contribution in [0.3, 0.4) is 0 Å². The number of piperidine rings is 1. The summed E-state index contributed by atoms with van der Waals surface area (Å²) in [5.41, 5.74) is 7.02. The molecule has 1 aliphatic rings. The number of hydrogen-bond acceptors (Lipinski definition) is 2. The van der Waals surface area contributed by atoms with Crippen LogP contribution in [0.2, 0.25) is 0 Å². The van der Waals surface area contributed by atoms with E-state index >= 15 is 0 Å². The van der Waals surface area contributed by atoms with Crippen LogP contribution in [0.1, 0.15) is 31.7 Å². The van der Waals surface area contributed by atoms with Crippen LogP contribution in [-0.2, 0) is 11.2 Å². The SMILES string of the molecule is CC1CCN(C(=O)CCc2cccc(Br)c2)C(CN)C1.Cl. The molecule has 1 aromatic carbocycles. The third kappa shape index (κ3) is 5.28. The summed E-state index contributed by atoms with van der Waals surface area (Å²) in [5.74, 6) is 0.921. The van der Waals surface area contributed by atoms with Crippen molar-refractivity contribution in [2.75, 3.05) is 13.1 Å². The number of benzene rings is 1. The number of carbonyl (C=O) groups is 1. The van der Waals surface area contributed by atoms with Crippen LogP contribution in [0.25, 0.3) is 0 Å².